The zero-order chi connectivity index (χ0) is 12.4. The minimum atomic E-state index is 0.442. The Morgan fingerprint density at radius 2 is 2.12 bits per heavy atom. The fourth-order valence-electron chi connectivity index (χ4n) is 3.79. The molecule has 94 valence electrons. The highest BCUT2D eigenvalue weighted by Crippen LogP contribution is 2.46. The molecule has 0 saturated heterocycles. The predicted octanol–water partition coefficient (Wildman–Crippen LogP) is 4.50. The third-order valence-corrected chi connectivity index (χ3v) is 4.81. The second kappa shape index (κ2) is 5.46. The van der Waals surface area contributed by atoms with E-state index < -0.39 is 0 Å². The highest BCUT2D eigenvalue weighted by Gasteiger charge is 2.40. The molecule has 0 aliphatic heterocycles. The number of fused-ring (bicyclic) bond motifs is 1. The van der Waals surface area contributed by atoms with E-state index in [1.807, 2.05) is 0 Å². The maximum Gasteiger partial charge on any atom is 0.0636 e. The Bertz CT molecular complexity index is 352. The average Bonchev–Trinajstić information content (AvgIpc) is 2.28. The van der Waals surface area contributed by atoms with Crippen LogP contribution in [0.3, 0.4) is 0 Å². The van der Waals surface area contributed by atoms with Gasteiger partial charge in [0.05, 0.1) is 11.2 Å². The van der Waals surface area contributed by atoms with E-state index in [2.05, 4.69) is 37.0 Å². The van der Waals surface area contributed by atoms with Gasteiger partial charge in [-0.2, -0.15) is 0 Å². The van der Waals surface area contributed by atoms with Crippen molar-refractivity contribution in [3.63, 3.8) is 0 Å². The SMILES string of the molecule is CC1=CC2C(C(C)C)CCC(N=C=S)C2CC1. The number of allylic oxidation sites excluding steroid dienone is 2. The molecule has 0 aromatic heterocycles. The molecular formula is C15H23NS. The third-order valence-electron chi connectivity index (χ3n) is 4.70. The molecule has 2 heteroatoms. The quantitative estimate of drug-likeness (QED) is 0.399. The lowest BCUT2D eigenvalue weighted by Crippen LogP contribution is -2.39. The Morgan fingerprint density at radius 3 is 2.76 bits per heavy atom. The van der Waals surface area contributed by atoms with E-state index in [9.17, 15) is 0 Å². The zero-order valence-corrected chi connectivity index (χ0v) is 12.0. The maximum absolute atomic E-state index is 4.80. The summed E-state index contributed by atoms with van der Waals surface area (Å²) in [7, 11) is 0. The normalized spacial score (nSPS) is 37.1. The van der Waals surface area contributed by atoms with E-state index in [1.54, 1.807) is 5.57 Å². The number of hydrogen-bond donors (Lipinski definition) is 0. The van der Waals surface area contributed by atoms with Crippen LogP contribution in [0.15, 0.2) is 16.6 Å². The molecule has 0 amide bonds. The van der Waals surface area contributed by atoms with Crippen LogP contribution in [-0.4, -0.2) is 11.2 Å². The fraction of sp³-hybridized carbons (Fsp3) is 0.800. The molecule has 1 nitrogen and oxygen atoms in total. The molecule has 1 saturated carbocycles. The van der Waals surface area contributed by atoms with Crippen molar-refractivity contribution < 1.29 is 0 Å². The van der Waals surface area contributed by atoms with Crippen LogP contribution in [0, 0.1) is 23.7 Å². The van der Waals surface area contributed by atoms with E-state index in [-0.39, 0.29) is 0 Å². The molecule has 4 unspecified atom stereocenters. The van der Waals surface area contributed by atoms with Crippen molar-refractivity contribution in [2.24, 2.45) is 28.7 Å². The monoisotopic (exact) mass is 249 g/mol. The van der Waals surface area contributed by atoms with Gasteiger partial charge in [-0.3, -0.25) is 0 Å². The summed E-state index contributed by atoms with van der Waals surface area (Å²) in [6, 6.07) is 0.442. The summed E-state index contributed by atoms with van der Waals surface area (Å²) in [4.78, 5) is 4.42. The Hall–Kier alpha value is -0.460. The Morgan fingerprint density at radius 1 is 1.35 bits per heavy atom. The highest BCUT2D eigenvalue weighted by atomic mass is 32.1. The average molecular weight is 249 g/mol. The van der Waals surface area contributed by atoms with Crippen LogP contribution in [0.2, 0.25) is 0 Å². The predicted molar refractivity (Wildman–Crippen MR) is 76.3 cm³/mol. The smallest absolute Gasteiger partial charge is 0.0636 e. The summed E-state index contributed by atoms with van der Waals surface area (Å²) < 4.78 is 0. The van der Waals surface area contributed by atoms with Gasteiger partial charge in [0, 0.05) is 0 Å². The molecular weight excluding hydrogens is 226 g/mol. The molecule has 0 radical (unpaired) electrons. The lowest BCUT2D eigenvalue weighted by molar-refractivity contribution is 0.117. The van der Waals surface area contributed by atoms with Crippen LogP contribution in [0.1, 0.15) is 46.5 Å². The van der Waals surface area contributed by atoms with Crippen molar-refractivity contribution in [1.29, 1.82) is 0 Å². The fourth-order valence-corrected chi connectivity index (χ4v) is 3.92. The molecule has 2 rings (SSSR count). The van der Waals surface area contributed by atoms with Crippen LogP contribution in [0.4, 0.5) is 0 Å². The summed E-state index contributed by atoms with van der Waals surface area (Å²) in [5, 5.41) is 2.61. The first kappa shape index (κ1) is 13.0. The summed E-state index contributed by atoms with van der Waals surface area (Å²) in [5.74, 6) is 3.07. The topological polar surface area (TPSA) is 12.4 Å². The molecule has 0 bridgehead atoms. The molecule has 17 heavy (non-hydrogen) atoms. The highest BCUT2D eigenvalue weighted by molar-refractivity contribution is 7.78. The third kappa shape index (κ3) is 2.69. The van der Waals surface area contributed by atoms with Crippen LogP contribution < -0.4 is 0 Å². The molecule has 0 aromatic carbocycles. The van der Waals surface area contributed by atoms with E-state index >= 15 is 0 Å². The van der Waals surface area contributed by atoms with E-state index in [0.717, 1.165) is 23.7 Å². The Balaban J connectivity index is 2.25. The van der Waals surface area contributed by atoms with Crippen molar-refractivity contribution in [3.05, 3.63) is 11.6 Å². The van der Waals surface area contributed by atoms with Crippen molar-refractivity contribution in [2.75, 3.05) is 0 Å². The molecule has 0 heterocycles. The van der Waals surface area contributed by atoms with Gasteiger partial charge in [-0.1, -0.05) is 25.5 Å². The first-order chi connectivity index (χ1) is 8.13. The Labute approximate surface area is 110 Å². The first-order valence-corrected chi connectivity index (χ1v) is 7.28. The van der Waals surface area contributed by atoms with Crippen LogP contribution in [0.5, 0.6) is 0 Å². The molecule has 0 spiro atoms. The second-order valence-corrected chi connectivity index (χ2v) is 6.25. The molecule has 2 aliphatic rings. The number of aliphatic imine (C=N–C) groups is 1. The molecule has 4 atom stereocenters. The van der Waals surface area contributed by atoms with E-state index in [0.29, 0.717) is 6.04 Å². The largest absolute Gasteiger partial charge is 0.229 e. The minimum Gasteiger partial charge on any atom is -0.229 e. The number of hydrogen-bond acceptors (Lipinski definition) is 2. The van der Waals surface area contributed by atoms with Gasteiger partial charge in [0.2, 0.25) is 0 Å². The lowest BCUT2D eigenvalue weighted by atomic mass is 9.62. The molecule has 1 fully saturated rings. The molecule has 0 aromatic rings. The van der Waals surface area contributed by atoms with Gasteiger partial charge < -0.3 is 0 Å². The standard InChI is InChI=1S/C15H23NS/c1-10(2)12-6-7-15(16-9-17)13-5-4-11(3)8-14(12)13/h8,10,12-15H,4-7H2,1-3H3. The van der Waals surface area contributed by atoms with Crippen molar-refractivity contribution in [1.82, 2.24) is 0 Å². The van der Waals surface area contributed by atoms with Gasteiger partial charge in [0.15, 0.2) is 0 Å². The number of thiocarbonyl (C=S) groups is 1. The van der Waals surface area contributed by atoms with Gasteiger partial charge in [-0.15, -0.1) is 0 Å². The summed E-state index contributed by atoms with van der Waals surface area (Å²) in [6.45, 7) is 7.00. The first-order valence-electron chi connectivity index (χ1n) is 6.87. The van der Waals surface area contributed by atoms with Gasteiger partial charge >= 0.3 is 0 Å². The molecule has 0 N–H and O–H groups in total. The number of nitrogens with zero attached hydrogens (tertiary/aromatic N) is 1. The van der Waals surface area contributed by atoms with E-state index in [1.165, 1.54) is 25.7 Å². The van der Waals surface area contributed by atoms with E-state index in [4.69, 9.17) is 12.2 Å². The van der Waals surface area contributed by atoms with Gasteiger partial charge in [0.25, 0.3) is 0 Å². The maximum atomic E-state index is 4.80. The Kier molecular flexibility index (Phi) is 4.17. The number of rotatable bonds is 2. The van der Waals surface area contributed by atoms with Gasteiger partial charge in [-0.25, -0.2) is 4.99 Å². The second-order valence-electron chi connectivity index (χ2n) is 6.07. The van der Waals surface area contributed by atoms with Crippen molar-refractivity contribution in [3.8, 4) is 0 Å². The van der Waals surface area contributed by atoms with Crippen LogP contribution in [0.25, 0.3) is 0 Å². The van der Waals surface area contributed by atoms with Crippen LogP contribution in [-0.2, 0) is 0 Å². The summed E-state index contributed by atoms with van der Waals surface area (Å²) in [5.41, 5.74) is 1.57. The van der Waals surface area contributed by atoms with Crippen molar-refractivity contribution >= 4 is 17.4 Å². The zero-order valence-electron chi connectivity index (χ0n) is 11.1. The van der Waals surface area contributed by atoms with Crippen molar-refractivity contribution in [2.45, 2.75) is 52.5 Å². The van der Waals surface area contributed by atoms with Crippen LogP contribution >= 0.6 is 12.2 Å². The molecule has 2 aliphatic carbocycles. The summed E-state index contributed by atoms with van der Waals surface area (Å²) in [6.07, 6.45) is 7.58. The number of isothiocyanates is 1. The van der Waals surface area contributed by atoms with Gasteiger partial charge in [0.1, 0.15) is 0 Å². The lowest BCUT2D eigenvalue weighted by Gasteiger charge is -2.44. The van der Waals surface area contributed by atoms with Gasteiger partial charge in [-0.05, 0) is 68.5 Å². The summed E-state index contributed by atoms with van der Waals surface area (Å²) >= 11 is 4.80. The minimum absolute atomic E-state index is 0.442.